The molecule has 0 fully saturated rings. The minimum absolute atomic E-state index is 0.0835. The van der Waals surface area contributed by atoms with Crippen molar-refractivity contribution in [3.63, 3.8) is 0 Å². The van der Waals surface area contributed by atoms with Crippen molar-refractivity contribution in [2.45, 2.75) is 57.9 Å². The van der Waals surface area contributed by atoms with Gasteiger partial charge in [-0.25, -0.2) is 0 Å². The fraction of sp³-hybridized carbons (Fsp3) is 0.474. The number of carbonyl (C=O) groups is 2. The molecule has 0 radical (unpaired) electrons. The Bertz CT molecular complexity index is 770. The molecule has 146 valence electrons. The maximum Gasteiger partial charge on any atom is 0.305 e. The zero-order valence-electron chi connectivity index (χ0n) is 15.5. The molecule has 0 aliphatic carbocycles. The molecule has 1 amide bonds. The van der Waals surface area contributed by atoms with Crippen molar-refractivity contribution in [3.05, 3.63) is 35.2 Å². The predicted octanol–water partition coefficient (Wildman–Crippen LogP) is 3.86. The highest BCUT2D eigenvalue weighted by Gasteiger charge is 2.30. The molecule has 8 heteroatoms. The van der Waals surface area contributed by atoms with E-state index in [0.717, 1.165) is 5.56 Å². The van der Waals surface area contributed by atoms with Gasteiger partial charge in [0.1, 0.15) is 0 Å². The largest absolute Gasteiger partial charge is 0.481 e. The van der Waals surface area contributed by atoms with Gasteiger partial charge in [0.2, 0.25) is 17.6 Å². The predicted molar refractivity (Wildman–Crippen MR) is 101 cm³/mol. The molecule has 0 spiro atoms. The average molecular weight is 394 g/mol. The molecular formula is C19H24ClN3O4. The van der Waals surface area contributed by atoms with Crippen LogP contribution in [-0.4, -0.2) is 32.7 Å². The van der Waals surface area contributed by atoms with E-state index in [1.54, 1.807) is 12.1 Å². The number of hydrogen-bond acceptors (Lipinski definition) is 5. The molecule has 2 N–H and O–H groups in total. The maximum absolute atomic E-state index is 12.2. The third-order valence-electron chi connectivity index (χ3n) is 4.61. The topological polar surface area (TPSA) is 105 Å². The van der Waals surface area contributed by atoms with E-state index in [4.69, 9.17) is 21.2 Å². The number of amides is 1. The van der Waals surface area contributed by atoms with Gasteiger partial charge >= 0.3 is 5.97 Å². The Morgan fingerprint density at radius 1 is 1.22 bits per heavy atom. The van der Waals surface area contributed by atoms with Gasteiger partial charge < -0.3 is 14.9 Å². The molecule has 0 saturated heterocycles. The van der Waals surface area contributed by atoms with Crippen LogP contribution in [0, 0.1) is 0 Å². The monoisotopic (exact) mass is 393 g/mol. The number of halogens is 1. The standard InChI is InChI=1S/C19H24ClN3O4/c1-3-19(4-2,12-17(25)26)22-15(24)6-5-7-16-21-18(23-27-16)13-8-10-14(20)11-9-13/h8-11H,3-7,12H2,1-2H3,(H,22,24)(H,25,26). The van der Waals surface area contributed by atoms with Crippen molar-refractivity contribution in [1.82, 2.24) is 15.5 Å². The Morgan fingerprint density at radius 3 is 2.48 bits per heavy atom. The number of benzene rings is 1. The van der Waals surface area contributed by atoms with E-state index >= 15 is 0 Å². The average Bonchev–Trinajstić information content (AvgIpc) is 3.10. The Kier molecular flexibility index (Phi) is 7.36. The van der Waals surface area contributed by atoms with E-state index < -0.39 is 11.5 Å². The van der Waals surface area contributed by atoms with Crippen LogP contribution in [0.3, 0.4) is 0 Å². The smallest absolute Gasteiger partial charge is 0.305 e. The van der Waals surface area contributed by atoms with Crippen molar-refractivity contribution in [2.24, 2.45) is 0 Å². The lowest BCUT2D eigenvalue weighted by Crippen LogP contribution is -2.49. The summed E-state index contributed by atoms with van der Waals surface area (Å²) in [5.74, 6) is -0.156. The summed E-state index contributed by atoms with van der Waals surface area (Å²) >= 11 is 5.86. The number of nitrogens with one attached hydrogen (secondary N) is 1. The lowest BCUT2D eigenvalue weighted by atomic mass is 9.88. The summed E-state index contributed by atoms with van der Waals surface area (Å²) in [5.41, 5.74) is 0.103. The fourth-order valence-electron chi connectivity index (χ4n) is 2.84. The van der Waals surface area contributed by atoms with Gasteiger partial charge in [0, 0.05) is 29.0 Å². The van der Waals surface area contributed by atoms with Gasteiger partial charge in [0.25, 0.3) is 0 Å². The van der Waals surface area contributed by atoms with Gasteiger partial charge in [0.15, 0.2) is 0 Å². The van der Waals surface area contributed by atoms with Crippen LogP contribution in [-0.2, 0) is 16.0 Å². The Hall–Kier alpha value is -2.41. The van der Waals surface area contributed by atoms with E-state index in [1.807, 2.05) is 26.0 Å². The molecule has 27 heavy (non-hydrogen) atoms. The Balaban J connectivity index is 1.86. The van der Waals surface area contributed by atoms with Crippen molar-refractivity contribution < 1.29 is 19.2 Å². The summed E-state index contributed by atoms with van der Waals surface area (Å²) in [5, 5.41) is 16.5. The van der Waals surface area contributed by atoms with Gasteiger partial charge in [-0.3, -0.25) is 9.59 Å². The van der Waals surface area contributed by atoms with Crippen LogP contribution in [0.15, 0.2) is 28.8 Å². The Morgan fingerprint density at radius 2 is 1.89 bits per heavy atom. The second-order valence-corrected chi connectivity index (χ2v) is 6.91. The number of nitrogens with zero attached hydrogens (tertiary/aromatic N) is 2. The third kappa shape index (κ3) is 6.06. The highest BCUT2D eigenvalue weighted by atomic mass is 35.5. The minimum atomic E-state index is -0.917. The van der Waals surface area contributed by atoms with Gasteiger partial charge in [0.05, 0.1) is 6.42 Å². The molecular weight excluding hydrogens is 370 g/mol. The van der Waals surface area contributed by atoms with Crippen molar-refractivity contribution >= 4 is 23.5 Å². The summed E-state index contributed by atoms with van der Waals surface area (Å²) in [7, 11) is 0. The van der Waals surface area contributed by atoms with Crippen LogP contribution in [0.5, 0.6) is 0 Å². The quantitative estimate of drug-likeness (QED) is 0.634. The second kappa shape index (κ2) is 9.50. The number of aliphatic carboxylic acids is 1. The van der Waals surface area contributed by atoms with Crippen LogP contribution < -0.4 is 5.32 Å². The highest BCUT2D eigenvalue weighted by Crippen LogP contribution is 2.21. The minimum Gasteiger partial charge on any atom is -0.481 e. The molecule has 2 rings (SSSR count). The first-order chi connectivity index (χ1) is 12.9. The van der Waals surface area contributed by atoms with Gasteiger partial charge in [-0.05, 0) is 43.5 Å². The normalized spacial score (nSPS) is 11.4. The molecule has 0 aliphatic rings. The molecule has 0 atom stereocenters. The van der Waals surface area contributed by atoms with Crippen LogP contribution in [0.2, 0.25) is 5.02 Å². The summed E-state index contributed by atoms with van der Waals surface area (Å²) < 4.78 is 5.22. The molecule has 0 aliphatic heterocycles. The third-order valence-corrected chi connectivity index (χ3v) is 4.86. The first-order valence-corrected chi connectivity index (χ1v) is 9.36. The van der Waals surface area contributed by atoms with Crippen LogP contribution in [0.4, 0.5) is 0 Å². The molecule has 2 aromatic rings. The molecule has 0 saturated carbocycles. The summed E-state index contributed by atoms with van der Waals surface area (Å²) in [6.07, 6.45) is 2.31. The number of carboxylic acid groups (broad SMARTS) is 1. The molecule has 7 nitrogen and oxygen atoms in total. The fourth-order valence-corrected chi connectivity index (χ4v) is 2.97. The Labute approximate surface area is 163 Å². The van der Waals surface area contributed by atoms with E-state index in [2.05, 4.69) is 15.5 Å². The van der Waals surface area contributed by atoms with Gasteiger partial charge in [-0.2, -0.15) is 4.98 Å². The number of aryl methyl sites for hydroxylation is 1. The van der Waals surface area contributed by atoms with Gasteiger partial charge in [-0.15, -0.1) is 0 Å². The number of rotatable bonds is 10. The SMILES string of the molecule is CCC(CC)(CC(=O)O)NC(=O)CCCc1nc(-c2ccc(Cl)cc2)no1. The van der Waals surface area contributed by atoms with E-state index in [9.17, 15) is 9.59 Å². The van der Waals surface area contributed by atoms with E-state index in [0.29, 0.717) is 42.4 Å². The lowest BCUT2D eigenvalue weighted by Gasteiger charge is -2.31. The van der Waals surface area contributed by atoms with Crippen LogP contribution in [0.1, 0.15) is 51.8 Å². The van der Waals surface area contributed by atoms with Crippen molar-refractivity contribution in [2.75, 3.05) is 0 Å². The summed E-state index contributed by atoms with van der Waals surface area (Å²) in [6.45, 7) is 3.76. The summed E-state index contributed by atoms with van der Waals surface area (Å²) in [6, 6.07) is 7.12. The lowest BCUT2D eigenvalue weighted by molar-refractivity contribution is -0.139. The second-order valence-electron chi connectivity index (χ2n) is 6.48. The van der Waals surface area contributed by atoms with Crippen LogP contribution >= 0.6 is 11.6 Å². The summed E-state index contributed by atoms with van der Waals surface area (Å²) in [4.78, 5) is 27.6. The number of carboxylic acids is 1. The molecule has 1 aromatic carbocycles. The van der Waals surface area contributed by atoms with E-state index in [-0.39, 0.29) is 18.7 Å². The molecule has 0 unspecified atom stereocenters. The number of aromatic nitrogens is 2. The number of hydrogen-bond donors (Lipinski definition) is 2. The van der Waals surface area contributed by atoms with Gasteiger partial charge in [-0.1, -0.05) is 30.6 Å². The number of carbonyl (C=O) groups excluding carboxylic acids is 1. The van der Waals surface area contributed by atoms with E-state index in [1.165, 1.54) is 0 Å². The molecule has 1 aromatic heterocycles. The molecule has 0 bridgehead atoms. The van der Waals surface area contributed by atoms with Crippen molar-refractivity contribution in [3.8, 4) is 11.4 Å². The maximum atomic E-state index is 12.2. The van der Waals surface area contributed by atoms with Crippen molar-refractivity contribution in [1.29, 1.82) is 0 Å². The zero-order valence-corrected chi connectivity index (χ0v) is 16.3. The first kappa shape index (κ1) is 20.9. The zero-order chi connectivity index (χ0) is 19.9. The highest BCUT2D eigenvalue weighted by molar-refractivity contribution is 6.30. The van der Waals surface area contributed by atoms with Crippen LogP contribution in [0.25, 0.3) is 11.4 Å². The molecule has 1 heterocycles. The first-order valence-electron chi connectivity index (χ1n) is 8.99.